The van der Waals surface area contributed by atoms with Crippen LogP contribution in [0.1, 0.15) is 11.3 Å². The second-order valence-electron chi connectivity index (χ2n) is 4.43. The number of rotatable bonds is 4. The van der Waals surface area contributed by atoms with Crippen LogP contribution < -0.4 is 10.1 Å². The summed E-state index contributed by atoms with van der Waals surface area (Å²) in [4.78, 5) is 12.9. The lowest BCUT2D eigenvalue weighted by molar-refractivity contribution is 0.397. The second kappa shape index (κ2) is 5.16. The zero-order valence-electron chi connectivity index (χ0n) is 11.4. The van der Waals surface area contributed by atoms with E-state index in [2.05, 4.69) is 20.3 Å². The van der Waals surface area contributed by atoms with E-state index in [1.165, 1.54) is 0 Å². The van der Waals surface area contributed by atoms with Gasteiger partial charge in [0.2, 0.25) is 11.8 Å². The van der Waals surface area contributed by atoms with Gasteiger partial charge < -0.3 is 14.5 Å². The van der Waals surface area contributed by atoms with Crippen LogP contribution in [0.4, 0.5) is 5.95 Å². The Labute approximate surface area is 116 Å². The molecule has 0 aliphatic heterocycles. The van der Waals surface area contributed by atoms with E-state index in [4.69, 9.17) is 4.74 Å². The average molecular weight is 269 g/mol. The quantitative estimate of drug-likeness (QED) is 0.785. The minimum atomic E-state index is 0.526. The highest BCUT2D eigenvalue weighted by atomic mass is 16.5. The summed E-state index contributed by atoms with van der Waals surface area (Å²) in [6.07, 6.45) is 5.64. The van der Waals surface area contributed by atoms with Crippen molar-refractivity contribution in [3.63, 3.8) is 0 Å². The third-order valence-corrected chi connectivity index (χ3v) is 2.99. The SMILES string of the molecule is COc1ccnc(NCc2cn3cccc(C)c3n2)n1. The first-order chi connectivity index (χ1) is 9.76. The molecule has 0 aliphatic rings. The maximum absolute atomic E-state index is 5.06. The number of hydrogen-bond acceptors (Lipinski definition) is 5. The Morgan fingerprint density at radius 1 is 1.30 bits per heavy atom. The minimum Gasteiger partial charge on any atom is -0.481 e. The Balaban J connectivity index is 1.78. The van der Waals surface area contributed by atoms with Gasteiger partial charge in [0.05, 0.1) is 19.3 Å². The van der Waals surface area contributed by atoms with Crippen LogP contribution in [-0.4, -0.2) is 26.5 Å². The van der Waals surface area contributed by atoms with E-state index < -0.39 is 0 Å². The Bertz CT molecular complexity index is 737. The fourth-order valence-corrected chi connectivity index (χ4v) is 2.00. The fourth-order valence-electron chi connectivity index (χ4n) is 2.00. The zero-order valence-corrected chi connectivity index (χ0v) is 11.4. The minimum absolute atomic E-state index is 0.526. The molecule has 0 saturated heterocycles. The highest BCUT2D eigenvalue weighted by Crippen LogP contribution is 2.12. The summed E-state index contributed by atoms with van der Waals surface area (Å²) < 4.78 is 7.07. The van der Waals surface area contributed by atoms with E-state index in [-0.39, 0.29) is 0 Å². The van der Waals surface area contributed by atoms with E-state index in [1.54, 1.807) is 19.4 Å². The van der Waals surface area contributed by atoms with Crippen LogP contribution in [-0.2, 0) is 6.54 Å². The van der Waals surface area contributed by atoms with Gasteiger partial charge in [0.15, 0.2) is 0 Å². The van der Waals surface area contributed by atoms with Crippen molar-refractivity contribution in [3.05, 3.63) is 48.0 Å². The topological polar surface area (TPSA) is 64.3 Å². The van der Waals surface area contributed by atoms with E-state index >= 15 is 0 Å². The van der Waals surface area contributed by atoms with Gasteiger partial charge in [-0.05, 0) is 18.6 Å². The van der Waals surface area contributed by atoms with Gasteiger partial charge in [0, 0.05) is 24.7 Å². The summed E-state index contributed by atoms with van der Waals surface area (Å²) in [7, 11) is 1.58. The highest BCUT2D eigenvalue weighted by molar-refractivity contribution is 5.48. The normalized spacial score (nSPS) is 10.7. The molecule has 3 heterocycles. The number of nitrogens with zero attached hydrogens (tertiary/aromatic N) is 4. The molecular formula is C14H15N5O. The van der Waals surface area contributed by atoms with Gasteiger partial charge in [-0.25, -0.2) is 9.97 Å². The Hall–Kier alpha value is -2.63. The van der Waals surface area contributed by atoms with E-state index in [0.717, 1.165) is 16.9 Å². The molecule has 0 spiro atoms. The zero-order chi connectivity index (χ0) is 13.9. The van der Waals surface area contributed by atoms with Crippen molar-refractivity contribution in [3.8, 4) is 5.88 Å². The van der Waals surface area contributed by atoms with Crippen LogP contribution in [0.2, 0.25) is 0 Å². The molecule has 0 saturated carbocycles. The molecule has 0 aromatic carbocycles. The van der Waals surface area contributed by atoms with Crippen molar-refractivity contribution >= 4 is 11.6 Å². The maximum Gasteiger partial charge on any atom is 0.226 e. The number of imidazole rings is 1. The van der Waals surface area contributed by atoms with Crippen molar-refractivity contribution < 1.29 is 4.74 Å². The number of aromatic nitrogens is 4. The predicted molar refractivity (Wildman–Crippen MR) is 75.8 cm³/mol. The lowest BCUT2D eigenvalue weighted by Gasteiger charge is -2.03. The van der Waals surface area contributed by atoms with Crippen LogP contribution in [0, 0.1) is 6.92 Å². The van der Waals surface area contributed by atoms with Crippen molar-refractivity contribution in [1.82, 2.24) is 19.4 Å². The molecule has 3 aromatic heterocycles. The lowest BCUT2D eigenvalue weighted by Crippen LogP contribution is -2.04. The number of hydrogen-bond donors (Lipinski definition) is 1. The molecular weight excluding hydrogens is 254 g/mol. The first-order valence-corrected chi connectivity index (χ1v) is 6.30. The van der Waals surface area contributed by atoms with Crippen molar-refractivity contribution in [2.45, 2.75) is 13.5 Å². The monoisotopic (exact) mass is 269 g/mol. The van der Waals surface area contributed by atoms with Crippen molar-refractivity contribution in [1.29, 1.82) is 0 Å². The van der Waals surface area contributed by atoms with Gasteiger partial charge in [-0.1, -0.05) is 6.07 Å². The molecule has 6 nitrogen and oxygen atoms in total. The van der Waals surface area contributed by atoms with Crippen LogP contribution in [0.15, 0.2) is 36.8 Å². The van der Waals surface area contributed by atoms with Crippen LogP contribution in [0.5, 0.6) is 5.88 Å². The summed E-state index contributed by atoms with van der Waals surface area (Å²) in [5.74, 6) is 1.06. The van der Waals surface area contributed by atoms with Crippen LogP contribution >= 0.6 is 0 Å². The molecule has 102 valence electrons. The van der Waals surface area contributed by atoms with Gasteiger partial charge in [-0.15, -0.1) is 0 Å². The molecule has 0 unspecified atom stereocenters. The standard InChI is InChI=1S/C14H15N5O/c1-10-4-3-7-19-9-11(17-13(10)19)8-16-14-15-6-5-12(18-14)20-2/h3-7,9H,8H2,1-2H3,(H,15,16,18). The Morgan fingerprint density at radius 3 is 3.00 bits per heavy atom. The van der Waals surface area contributed by atoms with E-state index in [0.29, 0.717) is 18.4 Å². The largest absolute Gasteiger partial charge is 0.481 e. The van der Waals surface area contributed by atoms with Crippen LogP contribution in [0.25, 0.3) is 5.65 Å². The molecule has 0 atom stereocenters. The van der Waals surface area contributed by atoms with E-state index in [1.807, 2.05) is 35.9 Å². The molecule has 0 radical (unpaired) electrons. The number of aryl methyl sites for hydroxylation is 1. The van der Waals surface area contributed by atoms with E-state index in [9.17, 15) is 0 Å². The summed E-state index contributed by atoms with van der Waals surface area (Å²) in [6, 6.07) is 5.76. The summed E-state index contributed by atoms with van der Waals surface area (Å²) in [6.45, 7) is 2.61. The summed E-state index contributed by atoms with van der Waals surface area (Å²) >= 11 is 0. The summed E-state index contributed by atoms with van der Waals surface area (Å²) in [5.41, 5.74) is 3.05. The third-order valence-electron chi connectivity index (χ3n) is 2.99. The molecule has 3 rings (SSSR count). The number of nitrogens with one attached hydrogen (secondary N) is 1. The number of fused-ring (bicyclic) bond motifs is 1. The smallest absolute Gasteiger partial charge is 0.226 e. The average Bonchev–Trinajstić information content (AvgIpc) is 2.90. The number of methoxy groups -OCH3 is 1. The van der Waals surface area contributed by atoms with Crippen molar-refractivity contribution in [2.75, 3.05) is 12.4 Å². The van der Waals surface area contributed by atoms with Crippen molar-refractivity contribution in [2.24, 2.45) is 0 Å². The molecule has 0 aliphatic carbocycles. The first kappa shape index (κ1) is 12.4. The van der Waals surface area contributed by atoms with Gasteiger partial charge in [-0.2, -0.15) is 4.98 Å². The van der Waals surface area contributed by atoms with Gasteiger partial charge in [0.1, 0.15) is 5.65 Å². The number of ether oxygens (including phenoxy) is 1. The third kappa shape index (κ3) is 2.40. The van der Waals surface area contributed by atoms with Gasteiger partial charge in [-0.3, -0.25) is 0 Å². The predicted octanol–water partition coefficient (Wildman–Crippen LogP) is 2.05. The molecule has 20 heavy (non-hydrogen) atoms. The molecule has 0 bridgehead atoms. The second-order valence-corrected chi connectivity index (χ2v) is 4.43. The first-order valence-electron chi connectivity index (χ1n) is 6.30. The molecule has 0 amide bonds. The molecule has 0 fully saturated rings. The Kier molecular flexibility index (Phi) is 3.20. The highest BCUT2D eigenvalue weighted by Gasteiger charge is 2.04. The number of anilines is 1. The molecule has 6 heteroatoms. The maximum atomic E-state index is 5.06. The summed E-state index contributed by atoms with van der Waals surface area (Å²) in [5, 5.41) is 3.14. The van der Waals surface area contributed by atoms with Gasteiger partial charge >= 0.3 is 0 Å². The Morgan fingerprint density at radius 2 is 2.20 bits per heavy atom. The van der Waals surface area contributed by atoms with Crippen LogP contribution in [0.3, 0.4) is 0 Å². The fraction of sp³-hybridized carbons (Fsp3) is 0.214. The number of pyridine rings is 1. The molecule has 3 aromatic rings. The van der Waals surface area contributed by atoms with Gasteiger partial charge in [0.25, 0.3) is 0 Å². The molecule has 1 N–H and O–H groups in total. The lowest BCUT2D eigenvalue weighted by atomic mass is 10.3.